The van der Waals surface area contributed by atoms with Crippen LogP contribution in [0.5, 0.6) is 0 Å². The molecule has 0 atom stereocenters. The Labute approximate surface area is 105 Å². The Morgan fingerprint density at radius 3 is 2.39 bits per heavy atom. The molecule has 1 aromatic carbocycles. The van der Waals surface area contributed by atoms with Crippen molar-refractivity contribution in [3.63, 3.8) is 0 Å². The Bertz CT molecular complexity index is 579. The molecule has 0 fully saturated rings. The van der Waals surface area contributed by atoms with Crippen LogP contribution < -0.4 is 0 Å². The monoisotopic (exact) mass is 242 g/mol. The number of aryl methyl sites for hydroxylation is 1. The van der Waals surface area contributed by atoms with Crippen LogP contribution in [0, 0.1) is 6.92 Å². The van der Waals surface area contributed by atoms with Crippen LogP contribution in [0.15, 0.2) is 40.8 Å². The van der Waals surface area contributed by atoms with Gasteiger partial charge in [-0.1, -0.05) is 30.3 Å². The molecule has 0 amide bonds. The van der Waals surface area contributed by atoms with Crippen molar-refractivity contribution in [3.05, 3.63) is 59.0 Å². The van der Waals surface area contributed by atoms with Crippen LogP contribution in [0.25, 0.3) is 0 Å². The molecule has 1 heterocycles. The number of ketones is 2. The topological polar surface area (TPSA) is 47.3 Å². The van der Waals surface area contributed by atoms with Gasteiger partial charge in [-0.05, 0) is 19.9 Å². The summed E-state index contributed by atoms with van der Waals surface area (Å²) in [5.41, 5.74) is 1.20. The molecule has 0 saturated heterocycles. The van der Waals surface area contributed by atoms with Crippen molar-refractivity contribution in [1.29, 1.82) is 0 Å². The van der Waals surface area contributed by atoms with Crippen LogP contribution in [0.4, 0.5) is 0 Å². The highest BCUT2D eigenvalue weighted by molar-refractivity contribution is 5.98. The Hall–Kier alpha value is -2.16. The summed E-state index contributed by atoms with van der Waals surface area (Å²) in [6, 6.07) is 10.7. The average molecular weight is 242 g/mol. The second kappa shape index (κ2) is 5.00. The number of furan rings is 1. The third kappa shape index (κ3) is 2.56. The van der Waals surface area contributed by atoms with Crippen molar-refractivity contribution < 1.29 is 14.0 Å². The van der Waals surface area contributed by atoms with Crippen LogP contribution in [-0.2, 0) is 6.42 Å². The van der Waals surface area contributed by atoms with E-state index >= 15 is 0 Å². The Morgan fingerprint density at radius 1 is 1.17 bits per heavy atom. The zero-order valence-corrected chi connectivity index (χ0v) is 10.4. The maximum Gasteiger partial charge on any atom is 0.170 e. The summed E-state index contributed by atoms with van der Waals surface area (Å²) >= 11 is 0. The molecular weight excluding hydrogens is 228 g/mol. The molecule has 1 aromatic heterocycles. The first-order valence-electron chi connectivity index (χ1n) is 5.76. The van der Waals surface area contributed by atoms with E-state index in [1.54, 1.807) is 25.1 Å². The van der Waals surface area contributed by atoms with E-state index in [0.29, 0.717) is 22.6 Å². The second-order valence-electron chi connectivity index (χ2n) is 4.20. The molecular formula is C15H14O3. The summed E-state index contributed by atoms with van der Waals surface area (Å²) in [4.78, 5) is 23.2. The first kappa shape index (κ1) is 12.3. The third-order valence-electron chi connectivity index (χ3n) is 2.78. The number of benzene rings is 1. The van der Waals surface area contributed by atoms with Crippen molar-refractivity contribution in [2.45, 2.75) is 20.3 Å². The molecule has 18 heavy (non-hydrogen) atoms. The van der Waals surface area contributed by atoms with Crippen LogP contribution in [0.1, 0.15) is 39.2 Å². The summed E-state index contributed by atoms with van der Waals surface area (Å²) in [5, 5.41) is 0. The lowest BCUT2D eigenvalue weighted by atomic mass is 10.1. The molecule has 2 rings (SSSR count). The van der Waals surface area contributed by atoms with Gasteiger partial charge in [0.05, 0.1) is 12.0 Å². The van der Waals surface area contributed by atoms with Gasteiger partial charge in [-0.2, -0.15) is 0 Å². The minimum Gasteiger partial charge on any atom is -0.465 e. The van der Waals surface area contributed by atoms with Gasteiger partial charge in [0.25, 0.3) is 0 Å². The first-order chi connectivity index (χ1) is 8.58. The fraction of sp³-hybridized carbons (Fsp3) is 0.200. The normalized spacial score (nSPS) is 10.3. The Morgan fingerprint density at radius 2 is 1.83 bits per heavy atom. The second-order valence-corrected chi connectivity index (χ2v) is 4.20. The number of carbonyl (C=O) groups is 2. The molecule has 0 aliphatic rings. The molecule has 0 radical (unpaired) electrons. The summed E-state index contributed by atoms with van der Waals surface area (Å²) in [5.74, 6) is 1.04. The van der Waals surface area contributed by atoms with Crippen molar-refractivity contribution in [3.8, 4) is 0 Å². The number of hydrogen-bond donors (Lipinski definition) is 0. The lowest BCUT2D eigenvalue weighted by Crippen LogP contribution is -2.02. The lowest BCUT2D eigenvalue weighted by Gasteiger charge is -1.97. The Balaban J connectivity index is 2.18. The molecule has 3 heteroatoms. The standard InChI is InChI=1S/C15H14O3/c1-10(16)14-8-13(18-11(14)2)9-15(17)12-6-4-3-5-7-12/h3-8H,9H2,1-2H3. The van der Waals surface area contributed by atoms with Crippen LogP contribution in [0.2, 0.25) is 0 Å². The van der Waals surface area contributed by atoms with Crippen molar-refractivity contribution >= 4 is 11.6 Å². The predicted molar refractivity (Wildman–Crippen MR) is 67.9 cm³/mol. The van der Waals surface area contributed by atoms with Gasteiger partial charge < -0.3 is 4.42 Å². The molecule has 0 aliphatic heterocycles. The molecule has 0 aliphatic carbocycles. The van der Waals surface area contributed by atoms with E-state index in [2.05, 4.69) is 0 Å². The number of Topliss-reactive ketones (excluding diaryl/α,β-unsaturated/α-hetero) is 2. The van der Waals surface area contributed by atoms with Crippen LogP contribution in [-0.4, -0.2) is 11.6 Å². The van der Waals surface area contributed by atoms with Gasteiger partial charge in [0.15, 0.2) is 11.6 Å². The van der Waals surface area contributed by atoms with E-state index in [4.69, 9.17) is 4.42 Å². The van der Waals surface area contributed by atoms with Crippen molar-refractivity contribution in [1.82, 2.24) is 0 Å². The summed E-state index contributed by atoms with van der Waals surface area (Å²) in [6.07, 6.45) is 0.179. The SMILES string of the molecule is CC(=O)c1cc(CC(=O)c2ccccc2)oc1C. The number of hydrogen-bond acceptors (Lipinski definition) is 3. The zero-order valence-electron chi connectivity index (χ0n) is 10.4. The highest BCUT2D eigenvalue weighted by atomic mass is 16.3. The van der Waals surface area contributed by atoms with Gasteiger partial charge in [0, 0.05) is 5.56 Å². The lowest BCUT2D eigenvalue weighted by molar-refractivity contribution is 0.0984. The maximum absolute atomic E-state index is 12.0. The molecule has 0 saturated carbocycles. The molecule has 0 unspecified atom stereocenters. The van der Waals surface area contributed by atoms with Gasteiger partial charge in [0.1, 0.15) is 11.5 Å². The minimum atomic E-state index is -0.0466. The molecule has 92 valence electrons. The van der Waals surface area contributed by atoms with E-state index in [0.717, 1.165) is 0 Å². The van der Waals surface area contributed by atoms with E-state index in [9.17, 15) is 9.59 Å². The predicted octanol–water partition coefficient (Wildman–Crippen LogP) is 3.22. The third-order valence-corrected chi connectivity index (χ3v) is 2.78. The summed E-state index contributed by atoms with van der Waals surface area (Å²) < 4.78 is 5.43. The van der Waals surface area contributed by atoms with E-state index in [1.165, 1.54) is 6.92 Å². The maximum atomic E-state index is 12.0. The average Bonchev–Trinajstić information content (AvgIpc) is 2.71. The highest BCUT2D eigenvalue weighted by Gasteiger charge is 2.14. The van der Waals surface area contributed by atoms with Gasteiger partial charge >= 0.3 is 0 Å². The fourth-order valence-electron chi connectivity index (χ4n) is 1.86. The number of rotatable bonds is 4. The van der Waals surface area contributed by atoms with Crippen molar-refractivity contribution in [2.24, 2.45) is 0 Å². The van der Waals surface area contributed by atoms with E-state index in [-0.39, 0.29) is 18.0 Å². The molecule has 3 nitrogen and oxygen atoms in total. The molecule has 0 N–H and O–H groups in total. The number of carbonyl (C=O) groups excluding carboxylic acids is 2. The quantitative estimate of drug-likeness (QED) is 0.773. The summed E-state index contributed by atoms with van der Waals surface area (Å²) in [6.45, 7) is 3.22. The van der Waals surface area contributed by atoms with Gasteiger partial charge in [-0.15, -0.1) is 0 Å². The molecule has 0 spiro atoms. The van der Waals surface area contributed by atoms with Gasteiger partial charge in [0.2, 0.25) is 0 Å². The summed E-state index contributed by atoms with van der Waals surface area (Å²) in [7, 11) is 0. The fourth-order valence-corrected chi connectivity index (χ4v) is 1.86. The minimum absolute atomic E-state index is 0.0144. The van der Waals surface area contributed by atoms with E-state index in [1.807, 2.05) is 18.2 Å². The smallest absolute Gasteiger partial charge is 0.170 e. The van der Waals surface area contributed by atoms with Crippen LogP contribution in [0.3, 0.4) is 0 Å². The van der Waals surface area contributed by atoms with Gasteiger partial charge in [-0.3, -0.25) is 9.59 Å². The zero-order chi connectivity index (χ0) is 13.1. The molecule has 2 aromatic rings. The largest absolute Gasteiger partial charge is 0.465 e. The van der Waals surface area contributed by atoms with Gasteiger partial charge in [-0.25, -0.2) is 0 Å². The van der Waals surface area contributed by atoms with Crippen LogP contribution >= 0.6 is 0 Å². The van der Waals surface area contributed by atoms with Crippen molar-refractivity contribution in [2.75, 3.05) is 0 Å². The van der Waals surface area contributed by atoms with E-state index < -0.39 is 0 Å². The highest BCUT2D eigenvalue weighted by Crippen LogP contribution is 2.17. The first-order valence-corrected chi connectivity index (χ1v) is 5.76. The molecule has 0 bridgehead atoms. The Kier molecular flexibility index (Phi) is 3.42.